The first-order valence-electron chi connectivity index (χ1n) is 12.0. The largest absolute Gasteiger partial charge is 0.496 e. The van der Waals surface area contributed by atoms with Gasteiger partial charge in [0.2, 0.25) is 5.78 Å². The highest BCUT2D eigenvalue weighted by Gasteiger charge is 2.30. The summed E-state index contributed by atoms with van der Waals surface area (Å²) in [5, 5.41) is 9.82. The fourth-order valence-electron chi connectivity index (χ4n) is 4.03. The summed E-state index contributed by atoms with van der Waals surface area (Å²) in [6, 6.07) is 16.3. The van der Waals surface area contributed by atoms with Gasteiger partial charge in [0.15, 0.2) is 0 Å². The summed E-state index contributed by atoms with van der Waals surface area (Å²) in [7, 11) is -2.67. The standard InChI is InChI=1S/C28H30N2O6S/c1-4-5-17-36-22-10-13-24(26(18-22)35-3)28(32)27-25(29-15-6-7-21(29)19-31)14-16-30(27)37(33,34)23-11-8-20(2)9-12-23/h6-16,18,31H,4-5,17,19H2,1-3H3. The number of aryl methyl sites for hydroxylation is 1. The zero-order valence-corrected chi connectivity index (χ0v) is 21.9. The fraction of sp³-hybridized carbons (Fsp3) is 0.250. The molecule has 37 heavy (non-hydrogen) atoms. The van der Waals surface area contributed by atoms with Crippen molar-refractivity contribution >= 4 is 15.8 Å². The van der Waals surface area contributed by atoms with Gasteiger partial charge >= 0.3 is 0 Å². The molecular weight excluding hydrogens is 492 g/mol. The van der Waals surface area contributed by atoms with Gasteiger partial charge in [0, 0.05) is 24.2 Å². The van der Waals surface area contributed by atoms with E-state index in [0.717, 1.165) is 22.4 Å². The van der Waals surface area contributed by atoms with E-state index in [-0.39, 0.29) is 28.5 Å². The van der Waals surface area contributed by atoms with Crippen molar-refractivity contribution in [3.63, 3.8) is 0 Å². The van der Waals surface area contributed by atoms with E-state index in [2.05, 4.69) is 6.92 Å². The summed E-state index contributed by atoms with van der Waals surface area (Å²) >= 11 is 0. The van der Waals surface area contributed by atoms with Crippen LogP contribution in [0.5, 0.6) is 11.5 Å². The Kier molecular flexibility index (Phi) is 7.85. The molecule has 0 fully saturated rings. The lowest BCUT2D eigenvalue weighted by Gasteiger charge is -2.16. The molecule has 0 aliphatic rings. The molecule has 9 heteroatoms. The van der Waals surface area contributed by atoms with Gasteiger partial charge in [-0.2, -0.15) is 0 Å². The topological polar surface area (TPSA) is 99.8 Å². The molecule has 0 bridgehead atoms. The summed E-state index contributed by atoms with van der Waals surface area (Å²) < 4.78 is 41.2. The number of unbranched alkanes of at least 4 members (excludes halogenated alkanes) is 1. The number of benzene rings is 2. The molecule has 4 aromatic rings. The molecule has 2 aromatic carbocycles. The van der Waals surface area contributed by atoms with Gasteiger partial charge < -0.3 is 19.1 Å². The Labute approximate surface area is 216 Å². The summed E-state index contributed by atoms with van der Waals surface area (Å²) in [4.78, 5) is 14.1. The summed E-state index contributed by atoms with van der Waals surface area (Å²) in [5.74, 6) is 0.267. The average Bonchev–Trinajstić information content (AvgIpc) is 3.56. The van der Waals surface area contributed by atoms with Crippen molar-refractivity contribution in [2.24, 2.45) is 0 Å². The number of ketones is 1. The highest BCUT2D eigenvalue weighted by molar-refractivity contribution is 7.90. The molecule has 0 atom stereocenters. The number of aliphatic hydroxyl groups is 1. The first-order chi connectivity index (χ1) is 17.8. The highest BCUT2D eigenvalue weighted by Crippen LogP contribution is 2.31. The minimum atomic E-state index is -4.12. The molecule has 2 heterocycles. The van der Waals surface area contributed by atoms with Crippen LogP contribution in [-0.4, -0.2) is 41.6 Å². The molecule has 8 nitrogen and oxygen atoms in total. The molecule has 0 aliphatic carbocycles. The molecular formula is C28H30N2O6S. The SMILES string of the molecule is CCCCOc1ccc(C(=O)c2c(-n3cccc3CO)ccn2S(=O)(=O)c2ccc(C)cc2)c(OC)c1. The van der Waals surface area contributed by atoms with Gasteiger partial charge in [-0.05, 0) is 55.8 Å². The third kappa shape index (κ3) is 5.19. The van der Waals surface area contributed by atoms with Crippen LogP contribution in [0.2, 0.25) is 0 Å². The van der Waals surface area contributed by atoms with E-state index in [1.807, 2.05) is 6.92 Å². The van der Waals surface area contributed by atoms with E-state index in [9.17, 15) is 18.3 Å². The van der Waals surface area contributed by atoms with Gasteiger partial charge in [-0.15, -0.1) is 0 Å². The number of nitrogens with zero attached hydrogens (tertiary/aromatic N) is 2. The Balaban J connectivity index is 1.88. The molecule has 0 saturated carbocycles. The number of ether oxygens (including phenoxy) is 2. The third-order valence-electron chi connectivity index (χ3n) is 6.06. The van der Waals surface area contributed by atoms with Crippen LogP contribution in [-0.2, 0) is 16.6 Å². The quantitative estimate of drug-likeness (QED) is 0.226. The lowest BCUT2D eigenvalue weighted by atomic mass is 10.1. The van der Waals surface area contributed by atoms with E-state index in [1.165, 1.54) is 25.4 Å². The van der Waals surface area contributed by atoms with Crippen LogP contribution in [0.15, 0.2) is 78.0 Å². The molecule has 0 spiro atoms. The van der Waals surface area contributed by atoms with Gasteiger partial charge in [0.05, 0.1) is 36.5 Å². The number of carbonyl (C=O) groups is 1. The Morgan fingerprint density at radius 2 is 1.78 bits per heavy atom. The Bertz CT molecular complexity index is 1500. The molecule has 0 saturated heterocycles. The second kappa shape index (κ2) is 11.1. The van der Waals surface area contributed by atoms with Crippen molar-refractivity contribution in [3.05, 3.63) is 95.6 Å². The average molecular weight is 523 g/mol. The zero-order chi connectivity index (χ0) is 26.6. The van der Waals surface area contributed by atoms with E-state index < -0.39 is 15.8 Å². The zero-order valence-electron chi connectivity index (χ0n) is 21.0. The Hall–Kier alpha value is -3.82. The summed E-state index contributed by atoms with van der Waals surface area (Å²) in [6.07, 6.45) is 4.90. The fourth-order valence-corrected chi connectivity index (χ4v) is 5.38. The summed E-state index contributed by atoms with van der Waals surface area (Å²) in [6.45, 7) is 4.18. The maximum atomic E-state index is 14.0. The van der Waals surface area contributed by atoms with E-state index in [4.69, 9.17) is 9.47 Å². The van der Waals surface area contributed by atoms with Crippen molar-refractivity contribution in [2.45, 2.75) is 38.2 Å². The number of aliphatic hydroxyl groups excluding tert-OH is 1. The van der Waals surface area contributed by atoms with Crippen LogP contribution in [0.4, 0.5) is 0 Å². The Morgan fingerprint density at radius 3 is 2.46 bits per heavy atom. The number of methoxy groups -OCH3 is 1. The van der Waals surface area contributed by atoms with E-state index in [0.29, 0.717) is 23.7 Å². The van der Waals surface area contributed by atoms with Gasteiger partial charge in [0.1, 0.15) is 17.2 Å². The molecule has 0 amide bonds. The van der Waals surface area contributed by atoms with Crippen LogP contribution in [0.1, 0.15) is 47.1 Å². The minimum absolute atomic E-state index is 0.0517. The number of rotatable bonds is 11. The maximum absolute atomic E-state index is 14.0. The molecule has 0 unspecified atom stereocenters. The van der Waals surface area contributed by atoms with Crippen molar-refractivity contribution in [3.8, 4) is 17.2 Å². The number of aromatic nitrogens is 2. The van der Waals surface area contributed by atoms with Gasteiger partial charge in [-0.3, -0.25) is 4.79 Å². The molecule has 4 rings (SSSR count). The van der Waals surface area contributed by atoms with Crippen molar-refractivity contribution in [1.82, 2.24) is 8.54 Å². The van der Waals surface area contributed by atoms with Crippen molar-refractivity contribution in [1.29, 1.82) is 0 Å². The molecule has 194 valence electrons. The van der Waals surface area contributed by atoms with Crippen molar-refractivity contribution < 1.29 is 27.8 Å². The van der Waals surface area contributed by atoms with Gasteiger partial charge in [0.25, 0.3) is 10.0 Å². The number of carbonyl (C=O) groups excluding carboxylic acids is 1. The molecule has 1 N–H and O–H groups in total. The van der Waals surface area contributed by atoms with Crippen LogP contribution < -0.4 is 9.47 Å². The molecule has 0 radical (unpaired) electrons. The highest BCUT2D eigenvalue weighted by atomic mass is 32.2. The first-order valence-corrected chi connectivity index (χ1v) is 13.4. The number of hydrogen-bond acceptors (Lipinski definition) is 6. The third-order valence-corrected chi connectivity index (χ3v) is 7.75. The lowest BCUT2D eigenvalue weighted by molar-refractivity contribution is 0.103. The van der Waals surface area contributed by atoms with Crippen LogP contribution in [0, 0.1) is 6.92 Å². The van der Waals surface area contributed by atoms with Gasteiger partial charge in [-0.1, -0.05) is 31.0 Å². The lowest BCUT2D eigenvalue weighted by Crippen LogP contribution is -2.20. The van der Waals surface area contributed by atoms with E-state index >= 15 is 0 Å². The summed E-state index contributed by atoms with van der Waals surface area (Å²) in [5.41, 5.74) is 1.84. The number of hydrogen-bond donors (Lipinski definition) is 1. The molecule has 2 aromatic heterocycles. The second-order valence-corrected chi connectivity index (χ2v) is 10.4. The maximum Gasteiger partial charge on any atom is 0.268 e. The monoisotopic (exact) mass is 522 g/mol. The first kappa shape index (κ1) is 26.2. The van der Waals surface area contributed by atoms with Crippen LogP contribution >= 0.6 is 0 Å². The predicted molar refractivity (Wildman–Crippen MR) is 140 cm³/mol. The van der Waals surface area contributed by atoms with Crippen LogP contribution in [0.3, 0.4) is 0 Å². The predicted octanol–water partition coefficient (Wildman–Crippen LogP) is 4.74. The Morgan fingerprint density at radius 1 is 1.03 bits per heavy atom. The minimum Gasteiger partial charge on any atom is -0.496 e. The van der Waals surface area contributed by atoms with Crippen LogP contribution in [0.25, 0.3) is 5.69 Å². The molecule has 0 aliphatic heterocycles. The smallest absolute Gasteiger partial charge is 0.268 e. The van der Waals surface area contributed by atoms with Gasteiger partial charge in [-0.25, -0.2) is 12.4 Å². The van der Waals surface area contributed by atoms with E-state index in [1.54, 1.807) is 59.3 Å². The second-order valence-electron chi connectivity index (χ2n) is 8.58. The normalized spacial score (nSPS) is 11.5. The van der Waals surface area contributed by atoms with Crippen molar-refractivity contribution in [2.75, 3.05) is 13.7 Å².